The highest BCUT2D eigenvalue weighted by Crippen LogP contribution is 2.31. The Labute approximate surface area is 159 Å². The number of ether oxygens (including phenoxy) is 1. The monoisotopic (exact) mass is 367 g/mol. The molecule has 0 bridgehead atoms. The summed E-state index contributed by atoms with van der Waals surface area (Å²) >= 11 is 0. The van der Waals surface area contributed by atoms with Crippen molar-refractivity contribution < 1.29 is 14.3 Å². The first-order valence-corrected chi connectivity index (χ1v) is 8.98. The van der Waals surface area contributed by atoms with E-state index in [9.17, 15) is 9.59 Å². The zero-order chi connectivity index (χ0) is 19.4. The van der Waals surface area contributed by atoms with Gasteiger partial charge in [-0.1, -0.05) is 24.3 Å². The molecule has 6 heteroatoms. The summed E-state index contributed by atoms with van der Waals surface area (Å²) in [6.07, 6.45) is 0.569. The largest absolute Gasteiger partial charge is 0.495 e. The molecular weight excluding hydrogens is 342 g/mol. The number of anilines is 1. The fraction of sp³-hybridized carbons (Fsp3) is 0.333. The molecule has 27 heavy (non-hydrogen) atoms. The van der Waals surface area contributed by atoms with Gasteiger partial charge in [-0.15, -0.1) is 0 Å². The quantitative estimate of drug-likeness (QED) is 0.851. The third-order valence-electron chi connectivity index (χ3n) is 4.57. The van der Waals surface area contributed by atoms with Crippen LogP contribution in [0.1, 0.15) is 22.3 Å². The Bertz CT molecular complexity index is 835. The van der Waals surface area contributed by atoms with Crippen LogP contribution in [0.15, 0.2) is 48.5 Å². The van der Waals surface area contributed by atoms with Gasteiger partial charge >= 0.3 is 0 Å². The first-order chi connectivity index (χ1) is 13.0. The number of carbonyl (C=O) groups excluding carboxylic acids is 2. The van der Waals surface area contributed by atoms with Crippen molar-refractivity contribution in [1.29, 1.82) is 0 Å². The van der Waals surface area contributed by atoms with Gasteiger partial charge in [0.25, 0.3) is 5.91 Å². The molecule has 3 rings (SSSR count). The molecule has 1 unspecified atom stereocenters. The Morgan fingerprint density at radius 2 is 2.00 bits per heavy atom. The number of amides is 2. The summed E-state index contributed by atoms with van der Waals surface area (Å²) in [6, 6.07) is 14.4. The predicted octanol–water partition coefficient (Wildman–Crippen LogP) is 2.29. The molecule has 1 saturated heterocycles. The van der Waals surface area contributed by atoms with Gasteiger partial charge in [-0.05, 0) is 50.3 Å². The second kappa shape index (κ2) is 8.22. The van der Waals surface area contributed by atoms with Crippen molar-refractivity contribution >= 4 is 17.5 Å². The van der Waals surface area contributed by atoms with E-state index in [1.807, 2.05) is 61.5 Å². The molecule has 1 aliphatic heterocycles. The van der Waals surface area contributed by atoms with Crippen molar-refractivity contribution in [3.05, 3.63) is 59.7 Å². The van der Waals surface area contributed by atoms with Gasteiger partial charge in [0.05, 0.1) is 12.8 Å². The number of hydrogen-bond donors (Lipinski definition) is 1. The van der Waals surface area contributed by atoms with Crippen molar-refractivity contribution in [2.45, 2.75) is 19.0 Å². The molecule has 0 aliphatic carbocycles. The van der Waals surface area contributed by atoms with Gasteiger partial charge in [0.1, 0.15) is 11.8 Å². The van der Waals surface area contributed by atoms with E-state index in [-0.39, 0.29) is 11.8 Å². The van der Waals surface area contributed by atoms with E-state index in [0.717, 1.165) is 17.8 Å². The number of nitrogens with one attached hydrogen (secondary N) is 1. The Morgan fingerprint density at radius 3 is 2.74 bits per heavy atom. The molecule has 0 aromatic heterocycles. The van der Waals surface area contributed by atoms with Crippen LogP contribution in [-0.4, -0.2) is 50.5 Å². The standard InChI is InChI=1S/C21H25N3O3/c1-23(2)14-15-7-6-8-16(13-15)20(25)22-17-11-12-24(21(17)26)18-9-4-5-10-19(18)27-3/h4-10,13,17H,11-12,14H2,1-3H3,(H,22,25). The summed E-state index contributed by atoms with van der Waals surface area (Å²) in [4.78, 5) is 29.1. The maximum absolute atomic E-state index is 12.8. The molecule has 1 fully saturated rings. The third-order valence-corrected chi connectivity index (χ3v) is 4.57. The summed E-state index contributed by atoms with van der Waals surface area (Å²) in [5.41, 5.74) is 2.36. The lowest BCUT2D eigenvalue weighted by molar-refractivity contribution is -0.118. The van der Waals surface area contributed by atoms with E-state index in [0.29, 0.717) is 24.3 Å². The summed E-state index contributed by atoms with van der Waals surface area (Å²) < 4.78 is 5.35. The number of hydrogen-bond acceptors (Lipinski definition) is 4. The maximum atomic E-state index is 12.8. The Kier molecular flexibility index (Phi) is 5.76. The topological polar surface area (TPSA) is 61.9 Å². The summed E-state index contributed by atoms with van der Waals surface area (Å²) in [5, 5.41) is 2.88. The predicted molar refractivity (Wildman–Crippen MR) is 105 cm³/mol. The number of para-hydroxylation sites is 2. The second-order valence-electron chi connectivity index (χ2n) is 6.91. The fourth-order valence-corrected chi connectivity index (χ4v) is 3.32. The molecule has 142 valence electrons. The van der Waals surface area contributed by atoms with E-state index in [4.69, 9.17) is 4.74 Å². The Morgan fingerprint density at radius 1 is 1.22 bits per heavy atom. The number of rotatable bonds is 6. The van der Waals surface area contributed by atoms with E-state index >= 15 is 0 Å². The molecule has 0 spiro atoms. The maximum Gasteiger partial charge on any atom is 0.251 e. The van der Waals surface area contributed by atoms with Gasteiger partial charge in [0.2, 0.25) is 5.91 Å². The van der Waals surface area contributed by atoms with Crippen LogP contribution in [0, 0.1) is 0 Å². The lowest BCUT2D eigenvalue weighted by atomic mass is 10.1. The molecule has 0 radical (unpaired) electrons. The van der Waals surface area contributed by atoms with Crippen molar-refractivity contribution in [2.75, 3.05) is 32.6 Å². The van der Waals surface area contributed by atoms with Gasteiger partial charge in [0.15, 0.2) is 0 Å². The molecular formula is C21H25N3O3. The second-order valence-corrected chi connectivity index (χ2v) is 6.91. The molecule has 6 nitrogen and oxygen atoms in total. The van der Waals surface area contributed by atoms with Crippen molar-refractivity contribution in [3.8, 4) is 5.75 Å². The van der Waals surface area contributed by atoms with E-state index < -0.39 is 6.04 Å². The first-order valence-electron chi connectivity index (χ1n) is 8.98. The highest BCUT2D eigenvalue weighted by Gasteiger charge is 2.34. The molecule has 1 atom stereocenters. The number of methoxy groups -OCH3 is 1. The minimum atomic E-state index is -0.528. The molecule has 2 aromatic rings. The van der Waals surface area contributed by atoms with Crippen molar-refractivity contribution in [1.82, 2.24) is 10.2 Å². The normalized spacial score (nSPS) is 16.7. The van der Waals surface area contributed by atoms with Crippen LogP contribution >= 0.6 is 0 Å². The van der Waals surface area contributed by atoms with Gasteiger partial charge in [-0.2, -0.15) is 0 Å². The third kappa shape index (κ3) is 4.28. The van der Waals surface area contributed by atoms with Crippen LogP contribution in [0.25, 0.3) is 0 Å². The van der Waals surface area contributed by atoms with Gasteiger partial charge < -0.3 is 19.9 Å². The lowest BCUT2D eigenvalue weighted by Gasteiger charge is -2.19. The summed E-state index contributed by atoms with van der Waals surface area (Å²) in [7, 11) is 5.55. The zero-order valence-electron chi connectivity index (χ0n) is 15.9. The summed E-state index contributed by atoms with van der Waals surface area (Å²) in [5.74, 6) is 0.308. The number of carbonyl (C=O) groups is 2. The molecule has 1 aliphatic rings. The van der Waals surface area contributed by atoms with Crippen LogP contribution in [0.2, 0.25) is 0 Å². The van der Waals surface area contributed by atoms with Gasteiger partial charge in [-0.25, -0.2) is 0 Å². The molecule has 1 N–H and O–H groups in total. The minimum Gasteiger partial charge on any atom is -0.495 e. The SMILES string of the molecule is COc1ccccc1N1CCC(NC(=O)c2cccc(CN(C)C)c2)C1=O. The van der Waals surface area contributed by atoms with Crippen LogP contribution in [-0.2, 0) is 11.3 Å². The minimum absolute atomic E-state index is 0.114. The molecule has 1 heterocycles. The Balaban J connectivity index is 1.70. The number of nitrogens with zero attached hydrogens (tertiary/aromatic N) is 2. The average molecular weight is 367 g/mol. The molecule has 0 saturated carbocycles. The van der Waals surface area contributed by atoms with Crippen molar-refractivity contribution in [2.24, 2.45) is 0 Å². The van der Waals surface area contributed by atoms with Crippen LogP contribution in [0.5, 0.6) is 5.75 Å². The van der Waals surface area contributed by atoms with E-state index in [1.165, 1.54) is 0 Å². The van der Waals surface area contributed by atoms with Gasteiger partial charge in [-0.3, -0.25) is 9.59 Å². The highest BCUT2D eigenvalue weighted by atomic mass is 16.5. The number of benzene rings is 2. The molecule has 2 aromatic carbocycles. The smallest absolute Gasteiger partial charge is 0.251 e. The fourth-order valence-electron chi connectivity index (χ4n) is 3.32. The van der Waals surface area contributed by atoms with Crippen LogP contribution in [0.3, 0.4) is 0 Å². The Hall–Kier alpha value is -2.86. The van der Waals surface area contributed by atoms with Gasteiger partial charge in [0, 0.05) is 18.7 Å². The lowest BCUT2D eigenvalue weighted by Crippen LogP contribution is -2.41. The zero-order valence-corrected chi connectivity index (χ0v) is 15.9. The van der Waals surface area contributed by atoms with Crippen molar-refractivity contribution in [3.63, 3.8) is 0 Å². The summed E-state index contributed by atoms with van der Waals surface area (Å²) in [6.45, 7) is 1.30. The van der Waals surface area contributed by atoms with Crippen LogP contribution in [0.4, 0.5) is 5.69 Å². The first kappa shape index (κ1) is 18.9. The average Bonchev–Trinajstić information content (AvgIpc) is 3.01. The molecule has 2 amide bonds. The van der Waals surface area contributed by atoms with E-state index in [2.05, 4.69) is 5.32 Å². The highest BCUT2D eigenvalue weighted by molar-refractivity contribution is 6.04. The van der Waals surface area contributed by atoms with E-state index in [1.54, 1.807) is 18.1 Å². The van der Waals surface area contributed by atoms with Crippen LogP contribution < -0.4 is 15.0 Å².